The molecular weight excluding hydrogens is 312 g/mol. The van der Waals surface area contributed by atoms with Crippen LogP contribution in [0, 0.1) is 5.92 Å². The highest BCUT2D eigenvalue weighted by Crippen LogP contribution is 2.23. The summed E-state index contributed by atoms with van der Waals surface area (Å²) in [5.41, 5.74) is 0.844. The Morgan fingerprint density at radius 3 is 2.61 bits per heavy atom. The van der Waals surface area contributed by atoms with E-state index in [1.54, 1.807) is 19.2 Å². The van der Waals surface area contributed by atoms with E-state index >= 15 is 0 Å². The van der Waals surface area contributed by atoms with Crippen molar-refractivity contribution in [2.45, 2.75) is 50.1 Å². The van der Waals surface area contributed by atoms with Crippen LogP contribution in [0.1, 0.15) is 38.2 Å². The van der Waals surface area contributed by atoms with Gasteiger partial charge in [-0.3, -0.25) is 4.99 Å². The van der Waals surface area contributed by atoms with E-state index in [4.69, 9.17) is 5.14 Å². The zero-order chi connectivity index (χ0) is 16.9. The summed E-state index contributed by atoms with van der Waals surface area (Å²) < 4.78 is 22.8. The Kier molecular flexibility index (Phi) is 6.01. The minimum atomic E-state index is -3.67. The number of benzene rings is 1. The van der Waals surface area contributed by atoms with Crippen LogP contribution in [0.4, 0.5) is 0 Å². The molecule has 0 spiro atoms. The lowest BCUT2D eigenvalue weighted by molar-refractivity contribution is 0.329. The van der Waals surface area contributed by atoms with Gasteiger partial charge in [0.25, 0.3) is 0 Å². The van der Waals surface area contributed by atoms with Crippen molar-refractivity contribution in [3.63, 3.8) is 0 Å². The SMILES string of the molecule is CN=C(NCc1cccc(S(N)(=O)=O)c1)NC1CCC(C)CC1. The predicted molar refractivity (Wildman–Crippen MR) is 92.6 cm³/mol. The van der Waals surface area contributed by atoms with Crippen molar-refractivity contribution in [2.75, 3.05) is 7.05 Å². The van der Waals surface area contributed by atoms with E-state index in [1.807, 2.05) is 6.07 Å². The molecule has 0 amide bonds. The molecule has 1 saturated carbocycles. The van der Waals surface area contributed by atoms with Crippen molar-refractivity contribution in [3.8, 4) is 0 Å². The van der Waals surface area contributed by atoms with E-state index < -0.39 is 10.0 Å². The lowest BCUT2D eigenvalue weighted by Crippen LogP contribution is -2.44. The normalized spacial score (nSPS) is 22.7. The highest BCUT2D eigenvalue weighted by atomic mass is 32.2. The first-order chi connectivity index (χ1) is 10.9. The number of aliphatic imine (C=N–C) groups is 1. The lowest BCUT2D eigenvalue weighted by Gasteiger charge is -2.28. The maximum atomic E-state index is 11.4. The molecule has 0 bridgehead atoms. The van der Waals surface area contributed by atoms with Gasteiger partial charge in [-0.05, 0) is 49.3 Å². The van der Waals surface area contributed by atoms with Gasteiger partial charge in [0, 0.05) is 19.6 Å². The third-order valence-corrected chi connectivity index (χ3v) is 5.18. The number of hydrogen-bond acceptors (Lipinski definition) is 3. The molecule has 1 aliphatic carbocycles. The highest BCUT2D eigenvalue weighted by molar-refractivity contribution is 7.89. The third kappa shape index (κ3) is 5.51. The Hall–Kier alpha value is -1.60. The summed E-state index contributed by atoms with van der Waals surface area (Å²) in [6.45, 7) is 2.79. The van der Waals surface area contributed by atoms with Gasteiger partial charge in [-0.2, -0.15) is 0 Å². The maximum absolute atomic E-state index is 11.4. The summed E-state index contributed by atoms with van der Waals surface area (Å²) >= 11 is 0. The van der Waals surface area contributed by atoms with Gasteiger partial charge in [-0.25, -0.2) is 13.6 Å². The van der Waals surface area contributed by atoms with Crippen LogP contribution in [0.3, 0.4) is 0 Å². The van der Waals surface area contributed by atoms with Crippen molar-refractivity contribution < 1.29 is 8.42 Å². The van der Waals surface area contributed by atoms with Crippen LogP contribution in [0.5, 0.6) is 0 Å². The Balaban J connectivity index is 1.91. The monoisotopic (exact) mass is 338 g/mol. The number of nitrogens with two attached hydrogens (primary N) is 1. The summed E-state index contributed by atoms with van der Waals surface area (Å²) in [6.07, 6.45) is 4.79. The van der Waals surface area contributed by atoms with Crippen LogP contribution in [0.15, 0.2) is 34.2 Å². The average Bonchev–Trinajstić information content (AvgIpc) is 2.53. The van der Waals surface area contributed by atoms with Gasteiger partial charge in [0.15, 0.2) is 5.96 Å². The Labute approximate surface area is 138 Å². The van der Waals surface area contributed by atoms with Crippen molar-refractivity contribution in [1.82, 2.24) is 10.6 Å². The fourth-order valence-electron chi connectivity index (χ4n) is 2.81. The largest absolute Gasteiger partial charge is 0.354 e. The zero-order valence-electron chi connectivity index (χ0n) is 13.7. The predicted octanol–water partition coefficient (Wildman–Crippen LogP) is 1.58. The molecule has 0 atom stereocenters. The minimum Gasteiger partial charge on any atom is -0.354 e. The maximum Gasteiger partial charge on any atom is 0.238 e. The van der Waals surface area contributed by atoms with E-state index in [0.717, 1.165) is 30.3 Å². The molecule has 2 rings (SSSR count). The molecule has 0 unspecified atom stereocenters. The lowest BCUT2D eigenvalue weighted by atomic mass is 9.87. The Morgan fingerprint density at radius 2 is 2.00 bits per heavy atom. The second-order valence-electron chi connectivity index (χ2n) is 6.22. The molecule has 0 heterocycles. The van der Waals surface area contributed by atoms with E-state index in [1.165, 1.54) is 18.9 Å². The molecule has 6 nitrogen and oxygen atoms in total. The summed E-state index contributed by atoms with van der Waals surface area (Å²) in [7, 11) is -1.93. The number of guanidine groups is 1. The first-order valence-corrected chi connectivity index (χ1v) is 9.52. The minimum absolute atomic E-state index is 0.126. The molecule has 0 radical (unpaired) electrons. The molecule has 4 N–H and O–H groups in total. The van der Waals surface area contributed by atoms with E-state index in [2.05, 4.69) is 22.5 Å². The van der Waals surface area contributed by atoms with E-state index in [-0.39, 0.29) is 4.90 Å². The van der Waals surface area contributed by atoms with Gasteiger partial charge < -0.3 is 10.6 Å². The quantitative estimate of drug-likeness (QED) is 0.573. The van der Waals surface area contributed by atoms with E-state index in [9.17, 15) is 8.42 Å². The molecule has 0 saturated heterocycles. The van der Waals surface area contributed by atoms with Crippen LogP contribution in [-0.2, 0) is 16.6 Å². The van der Waals surface area contributed by atoms with Crippen molar-refractivity contribution >= 4 is 16.0 Å². The number of sulfonamides is 1. The van der Waals surface area contributed by atoms with Crippen molar-refractivity contribution in [1.29, 1.82) is 0 Å². The van der Waals surface area contributed by atoms with Gasteiger partial charge >= 0.3 is 0 Å². The summed E-state index contributed by atoms with van der Waals surface area (Å²) in [5, 5.41) is 11.8. The van der Waals surface area contributed by atoms with Crippen LogP contribution < -0.4 is 15.8 Å². The summed E-state index contributed by atoms with van der Waals surface area (Å²) in [4.78, 5) is 4.36. The highest BCUT2D eigenvalue weighted by Gasteiger charge is 2.18. The third-order valence-electron chi connectivity index (χ3n) is 4.27. The number of primary sulfonamides is 1. The fourth-order valence-corrected chi connectivity index (χ4v) is 3.39. The fraction of sp³-hybridized carbons (Fsp3) is 0.562. The first kappa shape index (κ1) is 17.7. The molecule has 1 aromatic carbocycles. The van der Waals surface area contributed by atoms with E-state index in [0.29, 0.717) is 12.6 Å². The number of hydrogen-bond donors (Lipinski definition) is 3. The van der Waals surface area contributed by atoms with Gasteiger partial charge in [0.2, 0.25) is 10.0 Å². The topological polar surface area (TPSA) is 96.6 Å². The molecule has 128 valence electrons. The Morgan fingerprint density at radius 1 is 1.30 bits per heavy atom. The van der Waals surface area contributed by atoms with Crippen LogP contribution in [0.25, 0.3) is 0 Å². The molecule has 23 heavy (non-hydrogen) atoms. The number of rotatable bonds is 4. The number of nitrogens with zero attached hydrogens (tertiary/aromatic N) is 1. The summed E-state index contributed by atoms with van der Waals surface area (Å²) in [5.74, 6) is 1.55. The van der Waals surface area contributed by atoms with Gasteiger partial charge in [0.1, 0.15) is 0 Å². The van der Waals surface area contributed by atoms with Gasteiger partial charge in [-0.15, -0.1) is 0 Å². The summed E-state index contributed by atoms with van der Waals surface area (Å²) in [6, 6.07) is 7.08. The Bertz CT molecular complexity index is 650. The first-order valence-electron chi connectivity index (χ1n) is 7.97. The molecule has 1 fully saturated rings. The van der Waals surface area contributed by atoms with Crippen LogP contribution >= 0.6 is 0 Å². The molecule has 7 heteroatoms. The zero-order valence-corrected chi connectivity index (χ0v) is 14.6. The standard InChI is InChI=1S/C16H26N4O2S/c1-12-6-8-14(9-7-12)20-16(18-2)19-11-13-4-3-5-15(10-13)23(17,21)22/h3-5,10,12,14H,6-9,11H2,1-2H3,(H2,17,21,22)(H2,18,19,20). The van der Waals surface area contributed by atoms with Crippen LogP contribution in [-0.4, -0.2) is 27.5 Å². The van der Waals surface area contributed by atoms with Crippen LogP contribution in [0.2, 0.25) is 0 Å². The smallest absolute Gasteiger partial charge is 0.238 e. The molecule has 0 aromatic heterocycles. The van der Waals surface area contributed by atoms with Crippen molar-refractivity contribution in [3.05, 3.63) is 29.8 Å². The van der Waals surface area contributed by atoms with Gasteiger partial charge in [-0.1, -0.05) is 19.1 Å². The van der Waals surface area contributed by atoms with Gasteiger partial charge in [0.05, 0.1) is 4.90 Å². The molecular formula is C16H26N4O2S. The average molecular weight is 338 g/mol. The molecule has 1 aliphatic rings. The molecule has 1 aromatic rings. The van der Waals surface area contributed by atoms with Crippen molar-refractivity contribution in [2.24, 2.45) is 16.0 Å². The second kappa shape index (κ2) is 7.79. The second-order valence-corrected chi connectivity index (χ2v) is 7.78. The number of nitrogens with one attached hydrogen (secondary N) is 2. The molecule has 0 aliphatic heterocycles.